The average Bonchev–Trinajstić information content (AvgIpc) is 3.36. The van der Waals surface area contributed by atoms with Crippen molar-refractivity contribution in [3.8, 4) is 5.75 Å². The maximum absolute atomic E-state index is 13.6. The van der Waals surface area contributed by atoms with Crippen LogP contribution in [-0.4, -0.2) is 37.0 Å². The number of anilines is 1. The molecule has 4 rings (SSSR count). The topological polar surface area (TPSA) is 84.9 Å². The molecule has 3 heterocycles. The van der Waals surface area contributed by atoms with Crippen LogP contribution in [0, 0.1) is 18.8 Å². The molecule has 0 saturated carbocycles. The summed E-state index contributed by atoms with van der Waals surface area (Å²) in [5.74, 6) is -2.26. The van der Waals surface area contributed by atoms with E-state index in [0.717, 1.165) is 10.4 Å². The molecule has 1 N–H and O–H groups in total. The van der Waals surface area contributed by atoms with Crippen molar-refractivity contribution in [3.05, 3.63) is 46.2 Å². The number of hydrogen-bond donors (Lipinski definition) is 1. The molecule has 0 bridgehead atoms. The number of carbonyl (C=O) groups is 3. The highest BCUT2D eigenvalue weighted by Crippen LogP contribution is 2.51. The molecule has 2 amide bonds. The third kappa shape index (κ3) is 2.94. The van der Waals surface area contributed by atoms with E-state index in [1.54, 1.807) is 38.1 Å². The van der Waals surface area contributed by atoms with Crippen LogP contribution in [0.5, 0.6) is 5.75 Å². The van der Waals surface area contributed by atoms with E-state index < -0.39 is 35.3 Å². The quantitative estimate of drug-likeness (QED) is 0.582. The molecule has 0 unspecified atom stereocenters. The molecule has 2 fully saturated rings. The second kappa shape index (κ2) is 7.52. The lowest BCUT2D eigenvalue weighted by Crippen LogP contribution is -2.54. The van der Waals surface area contributed by atoms with E-state index in [1.165, 1.54) is 23.3 Å². The first-order chi connectivity index (χ1) is 14.3. The minimum Gasteiger partial charge on any atom is -0.497 e. The van der Waals surface area contributed by atoms with Crippen LogP contribution >= 0.6 is 11.3 Å². The van der Waals surface area contributed by atoms with E-state index in [1.807, 2.05) is 18.4 Å². The Hall–Kier alpha value is -2.71. The van der Waals surface area contributed by atoms with Crippen molar-refractivity contribution < 1.29 is 23.9 Å². The van der Waals surface area contributed by atoms with Crippen molar-refractivity contribution in [2.24, 2.45) is 11.8 Å². The summed E-state index contributed by atoms with van der Waals surface area (Å²) >= 11 is 1.51. The first kappa shape index (κ1) is 20.6. The van der Waals surface area contributed by atoms with Crippen LogP contribution in [0.1, 0.15) is 30.3 Å². The Kier molecular flexibility index (Phi) is 5.15. The van der Waals surface area contributed by atoms with Crippen LogP contribution in [0.2, 0.25) is 0 Å². The van der Waals surface area contributed by atoms with Gasteiger partial charge in [0, 0.05) is 10.9 Å². The highest BCUT2D eigenvalue weighted by Gasteiger charge is 2.67. The van der Waals surface area contributed by atoms with Crippen LogP contribution in [0.25, 0.3) is 0 Å². The van der Waals surface area contributed by atoms with Crippen molar-refractivity contribution in [2.75, 3.05) is 18.6 Å². The van der Waals surface area contributed by atoms with E-state index in [9.17, 15) is 14.4 Å². The molecule has 2 aromatic rings. The number of thiophene rings is 1. The Balaban J connectivity index is 1.82. The number of methoxy groups -OCH3 is 1. The summed E-state index contributed by atoms with van der Waals surface area (Å²) in [5, 5.41) is 5.24. The zero-order chi connectivity index (χ0) is 21.6. The van der Waals surface area contributed by atoms with Gasteiger partial charge in [0.25, 0.3) is 0 Å². The number of imide groups is 1. The maximum atomic E-state index is 13.6. The van der Waals surface area contributed by atoms with Gasteiger partial charge in [-0.2, -0.15) is 0 Å². The Morgan fingerprint density at radius 2 is 2.03 bits per heavy atom. The average molecular weight is 429 g/mol. The smallest absolute Gasteiger partial charge is 0.326 e. The molecule has 8 heteroatoms. The molecule has 0 aliphatic carbocycles. The molecule has 158 valence electrons. The number of aryl methyl sites for hydroxylation is 1. The Bertz CT molecular complexity index is 1020. The Morgan fingerprint density at radius 3 is 2.67 bits per heavy atom. The fourth-order valence-corrected chi connectivity index (χ4v) is 5.56. The predicted octanol–water partition coefficient (Wildman–Crippen LogP) is 2.84. The molecule has 2 aliphatic rings. The summed E-state index contributed by atoms with van der Waals surface area (Å²) in [7, 11) is 1.53. The number of hydrogen-bond acceptors (Lipinski definition) is 7. The maximum Gasteiger partial charge on any atom is 0.326 e. The number of nitrogens with one attached hydrogen (secondary N) is 1. The van der Waals surface area contributed by atoms with Gasteiger partial charge in [-0.1, -0.05) is 6.07 Å². The van der Waals surface area contributed by atoms with Gasteiger partial charge in [0.1, 0.15) is 11.3 Å². The SMILES string of the molecule is CCOC(=O)[C@]1(C)N[C@H](c2sccc2C)[C@@H]2C(=O)N(c3cccc(OC)c3)C(=O)[C@H]21. The lowest BCUT2D eigenvalue weighted by Gasteiger charge is -2.29. The lowest BCUT2D eigenvalue weighted by molar-refractivity contribution is -0.153. The molecular weight excluding hydrogens is 404 g/mol. The van der Waals surface area contributed by atoms with E-state index in [4.69, 9.17) is 9.47 Å². The number of fused-ring (bicyclic) bond motifs is 1. The number of ether oxygens (including phenoxy) is 2. The highest BCUT2D eigenvalue weighted by atomic mass is 32.1. The normalized spacial score (nSPS) is 28.0. The van der Waals surface area contributed by atoms with Gasteiger partial charge in [0.2, 0.25) is 11.8 Å². The van der Waals surface area contributed by atoms with Gasteiger partial charge in [0.15, 0.2) is 0 Å². The first-order valence-corrected chi connectivity index (χ1v) is 10.7. The number of rotatable bonds is 5. The van der Waals surface area contributed by atoms with Gasteiger partial charge in [-0.25, -0.2) is 4.90 Å². The van der Waals surface area contributed by atoms with Crippen LogP contribution in [0.15, 0.2) is 35.7 Å². The second-order valence-corrected chi connectivity index (χ2v) is 8.68. The summed E-state index contributed by atoms with van der Waals surface area (Å²) in [5.41, 5.74) is 0.151. The molecule has 0 radical (unpaired) electrons. The number of carbonyl (C=O) groups excluding carboxylic acids is 3. The largest absolute Gasteiger partial charge is 0.497 e. The zero-order valence-corrected chi connectivity index (χ0v) is 18.1. The van der Waals surface area contributed by atoms with Gasteiger partial charge in [-0.05, 0) is 49.9 Å². The van der Waals surface area contributed by atoms with E-state index in [2.05, 4.69) is 5.32 Å². The Morgan fingerprint density at radius 1 is 1.27 bits per heavy atom. The number of benzene rings is 1. The highest BCUT2D eigenvalue weighted by molar-refractivity contribution is 7.10. The van der Waals surface area contributed by atoms with E-state index in [0.29, 0.717) is 11.4 Å². The van der Waals surface area contributed by atoms with Crippen LogP contribution in [0.3, 0.4) is 0 Å². The minimum absolute atomic E-state index is 0.192. The van der Waals surface area contributed by atoms with Crippen LogP contribution in [0.4, 0.5) is 5.69 Å². The summed E-state index contributed by atoms with van der Waals surface area (Å²) in [6.45, 7) is 5.53. The standard InChI is InChI=1S/C22H24N2O5S/c1-5-29-21(27)22(3)16-15(17(23-22)18-12(2)9-10-30-18)19(25)24(20(16)26)13-7-6-8-14(11-13)28-4/h6-11,15-17,23H,5H2,1-4H3/t15-,16+,17+,22-/m1/s1. The number of nitrogens with zero attached hydrogens (tertiary/aromatic N) is 1. The molecule has 2 aliphatic heterocycles. The van der Waals surface area contributed by atoms with Crippen molar-refractivity contribution >= 4 is 34.8 Å². The van der Waals surface area contributed by atoms with Crippen molar-refractivity contribution in [1.29, 1.82) is 0 Å². The fraction of sp³-hybridized carbons (Fsp3) is 0.409. The van der Waals surface area contributed by atoms with Crippen molar-refractivity contribution in [3.63, 3.8) is 0 Å². The van der Waals surface area contributed by atoms with Crippen LogP contribution < -0.4 is 15.0 Å². The predicted molar refractivity (Wildman–Crippen MR) is 112 cm³/mol. The molecule has 1 aromatic heterocycles. The fourth-order valence-electron chi connectivity index (χ4n) is 4.54. The number of amides is 2. The zero-order valence-electron chi connectivity index (χ0n) is 17.3. The minimum atomic E-state index is -1.30. The third-order valence-electron chi connectivity index (χ3n) is 5.98. The molecular formula is C22H24N2O5S. The summed E-state index contributed by atoms with van der Waals surface area (Å²) in [4.78, 5) is 42.2. The Labute approximate surface area is 179 Å². The molecule has 2 saturated heterocycles. The van der Waals surface area contributed by atoms with Gasteiger partial charge in [-0.3, -0.25) is 19.7 Å². The summed E-state index contributed by atoms with van der Waals surface area (Å²) in [6, 6.07) is 8.34. The summed E-state index contributed by atoms with van der Waals surface area (Å²) in [6.07, 6.45) is 0. The lowest BCUT2D eigenvalue weighted by atomic mass is 9.81. The first-order valence-electron chi connectivity index (χ1n) is 9.84. The molecule has 0 spiro atoms. The number of esters is 1. The third-order valence-corrected chi connectivity index (χ3v) is 7.08. The molecule has 30 heavy (non-hydrogen) atoms. The van der Waals surface area contributed by atoms with Gasteiger partial charge in [0.05, 0.1) is 37.3 Å². The van der Waals surface area contributed by atoms with Crippen molar-refractivity contribution in [2.45, 2.75) is 32.4 Å². The summed E-state index contributed by atoms with van der Waals surface area (Å²) < 4.78 is 10.5. The van der Waals surface area contributed by atoms with Gasteiger partial charge in [-0.15, -0.1) is 11.3 Å². The van der Waals surface area contributed by atoms with E-state index in [-0.39, 0.29) is 12.5 Å². The molecule has 4 atom stereocenters. The van der Waals surface area contributed by atoms with Crippen LogP contribution in [-0.2, 0) is 19.1 Å². The van der Waals surface area contributed by atoms with Crippen molar-refractivity contribution in [1.82, 2.24) is 5.32 Å². The second-order valence-electron chi connectivity index (χ2n) is 7.73. The molecule has 1 aromatic carbocycles. The van der Waals surface area contributed by atoms with Gasteiger partial charge >= 0.3 is 5.97 Å². The monoisotopic (exact) mass is 428 g/mol. The van der Waals surface area contributed by atoms with E-state index >= 15 is 0 Å². The molecule has 7 nitrogen and oxygen atoms in total. The van der Waals surface area contributed by atoms with Gasteiger partial charge < -0.3 is 9.47 Å².